The first-order valence-corrected chi connectivity index (χ1v) is 8.53. The van der Waals surface area contributed by atoms with Gasteiger partial charge in [0.1, 0.15) is 5.25 Å². The van der Waals surface area contributed by atoms with Crippen LogP contribution in [0.4, 0.5) is 0 Å². The molecule has 1 aromatic heterocycles. The Morgan fingerprint density at radius 1 is 1.25 bits per heavy atom. The molecule has 2 aromatic carbocycles. The maximum absolute atomic E-state index is 12.9. The number of aryl methyl sites for hydroxylation is 1. The topological polar surface area (TPSA) is 72.2 Å². The summed E-state index contributed by atoms with van der Waals surface area (Å²) in [5, 5.41) is 9.66. The van der Waals surface area contributed by atoms with E-state index in [2.05, 4.69) is 4.98 Å². The molecule has 1 aliphatic heterocycles. The lowest BCUT2D eigenvalue weighted by Crippen LogP contribution is -2.12. The average molecular weight is 338 g/mol. The van der Waals surface area contributed by atoms with E-state index in [1.807, 2.05) is 37.3 Å². The van der Waals surface area contributed by atoms with Gasteiger partial charge in [-0.3, -0.25) is 9.36 Å². The van der Waals surface area contributed by atoms with E-state index in [4.69, 9.17) is 0 Å². The van der Waals surface area contributed by atoms with Gasteiger partial charge in [-0.25, -0.2) is 9.78 Å². The number of fused-ring (bicyclic) bond motifs is 3. The average Bonchev–Trinajstić information content (AvgIpc) is 3.11. The van der Waals surface area contributed by atoms with Crippen molar-refractivity contribution in [1.82, 2.24) is 9.55 Å². The van der Waals surface area contributed by atoms with E-state index in [-0.39, 0.29) is 16.7 Å². The Balaban J connectivity index is 1.87. The SMILES string of the molecule is CCc1c(C(=O)O)ccc2c1nc1n2C(=O)C(c2ccccc2)S1. The molecule has 4 rings (SSSR count). The first-order valence-electron chi connectivity index (χ1n) is 7.65. The van der Waals surface area contributed by atoms with Gasteiger partial charge < -0.3 is 5.11 Å². The highest BCUT2D eigenvalue weighted by molar-refractivity contribution is 8.00. The molecule has 0 amide bonds. The number of carboxylic acid groups (broad SMARTS) is 1. The van der Waals surface area contributed by atoms with E-state index >= 15 is 0 Å². The maximum atomic E-state index is 12.9. The number of carbonyl (C=O) groups excluding carboxylic acids is 1. The van der Waals surface area contributed by atoms with Gasteiger partial charge >= 0.3 is 5.97 Å². The van der Waals surface area contributed by atoms with Crippen molar-refractivity contribution in [1.29, 1.82) is 0 Å². The van der Waals surface area contributed by atoms with Gasteiger partial charge in [-0.05, 0) is 29.7 Å². The van der Waals surface area contributed by atoms with Crippen molar-refractivity contribution >= 4 is 34.7 Å². The molecule has 1 N–H and O–H groups in total. The Hall–Kier alpha value is -2.60. The quantitative estimate of drug-likeness (QED) is 0.787. The fourth-order valence-electron chi connectivity index (χ4n) is 3.14. The summed E-state index contributed by atoms with van der Waals surface area (Å²) in [5.41, 5.74) is 3.16. The monoisotopic (exact) mass is 338 g/mol. The van der Waals surface area contributed by atoms with Crippen LogP contribution in [0.1, 0.15) is 38.5 Å². The number of carbonyl (C=O) groups is 2. The van der Waals surface area contributed by atoms with E-state index in [9.17, 15) is 14.7 Å². The number of hydrogen-bond donors (Lipinski definition) is 1. The molecule has 0 spiro atoms. The first-order chi connectivity index (χ1) is 11.6. The molecule has 0 bridgehead atoms. The molecule has 0 aliphatic carbocycles. The molecular weight excluding hydrogens is 324 g/mol. The van der Waals surface area contributed by atoms with Crippen LogP contribution in [0.5, 0.6) is 0 Å². The molecule has 5 nitrogen and oxygen atoms in total. The summed E-state index contributed by atoms with van der Waals surface area (Å²) in [5.74, 6) is -1.00. The second-order valence-corrected chi connectivity index (χ2v) is 6.67. The van der Waals surface area contributed by atoms with Crippen LogP contribution in [-0.2, 0) is 6.42 Å². The molecule has 0 radical (unpaired) electrons. The van der Waals surface area contributed by atoms with Crippen molar-refractivity contribution in [2.75, 3.05) is 0 Å². The van der Waals surface area contributed by atoms with Gasteiger partial charge in [0.05, 0.1) is 16.6 Å². The van der Waals surface area contributed by atoms with Crippen molar-refractivity contribution < 1.29 is 14.7 Å². The maximum Gasteiger partial charge on any atom is 0.336 e. The minimum absolute atomic E-state index is 0.0335. The fraction of sp³-hybridized carbons (Fsp3) is 0.167. The molecule has 2 heterocycles. The second kappa shape index (κ2) is 5.49. The minimum Gasteiger partial charge on any atom is -0.478 e. The molecule has 120 valence electrons. The molecule has 0 fully saturated rings. The standard InChI is InChI=1S/C18H14N2O3S/c1-2-11-12(17(22)23)8-9-13-14(11)19-18-20(13)16(21)15(24-18)10-6-4-3-5-7-10/h3-9,15H,2H2,1H3,(H,22,23). The van der Waals surface area contributed by atoms with Gasteiger partial charge in [-0.2, -0.15) is 0 Å². The van der Waals surface area contributed by atoms with Crippen LogP contribution in [0.25, 0.3) is 11.0 Å². The fourth-order valence-corrected chi connectivity index (χ4v) is 4.29. The lowest BCUT2D eigenvalue weighted by atomic mass is 10.0. The highest BCUT2D eigenvalue weighted by atomic mass is 32.2. The number of imidazole rings is 1. The Bertz CT molecular complexity index is 979. The number of aromatic carboxylic acids is 1. The molecule has 1 atom stereocenters. The van der Waals surface area contributed by atoms with Gasteiger partial charge in [-0.1, -0.05) is 49.0 Å². The Morgan fingerprint density at radius 2 is 2.00 bits per heavy atom. The van der Waals surface area contributed by atoms with Crippen LogP contribution in [0.3, 0.4) is 0 Å². The number of hydrogen-bond acceptors (Lipinski definition) is 4. The number of carboxylic acids is 1. The lowest BCUT2D eigenvalue weighted by Gasteiger charge is -2.09. The molecule has 3 aromatic rings. The summed E-state index contributed by atoms with van der Waals surface area (Å²) in [6.45, 7) is 1.90. The second-order valence-electron chi connectivity index (χ2n) is 5.59. The van der Waals surface area contributed by atoms with E-state index in [1.165, 1.54) is 11.8 Å². The van der Waals surface area contributed by atoms with Crippen molar-refractivity contribution in [3.05, 3.63) is 59.2 Å². The predicted molar refractivity (Wildman–Crippen MR) is 91.7 cm³/mol. The molecule has 24 heavy (non-hydrogen) atoms. The molecular formula is C18H14N2O3S. The third kappa shape index (κ3) is 2.06. The summed E-state index contributed by atoms with van der Waals surface area (Å²) in [6, 6.07) is 12.9. The van der Waals surface area contributed by atoms with E-state index in [1.54, 1.807) is 16.7 Å². The van der Waals surface area contributed by atoms with Crippen LogP contribution in [0, 0.1) is 0 Å². The number of rotatable bonds is 3. The number of aromatic nitrogens is 2. The van der Waals surface area contributed by atoms with E-state index < -0.39 is 5.97 Å². The zero-order valence-electron chi connectivity index (χ0n) is 12.9. The third-order valence-electron chi connectivity index (χ3n) is 4.26. The third-order valence-corrected chi connectivity index (χ3v) is 5.45. The highest BCUT2D eigenvalue weighted by Gasteiger charge is 2.36. The van der Waals surface area contributed by atoms with Crippen LogP contribution in [0.2, 0.25) is 0 Å². The number of benzene rings is 2. The number of nitrogens with zero attached hydrogens (tertiary/aromatic N) is 2. The van der Waals surface area contributed by atoms with Crippen LogP contribution in [-0.4, -0.2) is 26.5 Å². The zero-order valence-corrected chi connectivity index (χ0v) is 13.7. The summed E-state index contributed by atoms with van der Waals surface area (Å²) in [7, 11) is 0. The van der Waals surface area contributed by atoms with Gasteiger partial charge in [0.25, 0.3) is 5.91 Å². The van der Waals surface area contributed by atoms with Crippen LogP contribution in [0.15, 0.2) is 47.6 Å². The Kier molecular flexibility index (Phi) is 3.42. The summed E-state index contributed by atoms with van der Waals surface area (Å²) in [6.07, 6.45) is 0.552. The Labute approximate surface area is 142 Å². The van der Waals surface area contributed by atoms with E-state index in [0.29, 0.717) is 28.2 Å². The van der Waals surface area contributed by atoms with E-state index in [0.717, 1.165) is 5.56 Å². The largest absolute Gasteiger partial charge is 0.478 e. The Morgan fingerprint density at radius 3 is 2.67 bits per heavy atom. The van der Waals surface area contributed by atoms with Crippen LogP contribution >= 0.6 is 11.8 Å². The van der Waals surface area contributed by atoms with Crippen LogP contribution < -0.4 is 0 Å². The molecule has 1 unspecified atom stereocenters. The smallest absolute Gasteiger partial charge is 0.336 e. The number of thioether (sulfide) groups is 1. The van der Waals surface area contributed by atoms with Gasteiger partial charge in [-0.15, -0.1) is 0 Å². The van der Waals surface area contributed by atoms with Crippen molar-refractivity contribution in [2.24, 2.45) is 0 Å². The van der Waals surface area contributed by atoms with Crippen molar-refractivity contribution in [3.63, 3.8) is 0 Å². The first kappa shape index (κ1) is 15.0. The molecule has 1 aliphatic rings. The zero-order chi connectivity index (χ0) is 16.8. The summed E-state index contributed by atoms with van der Waals surface area (Å²) in [4.78, 5) is 28.8. The highest BCUT2D eigenvalue weighted by Crippen LogP contribution is 2.44. The molecule has 6 heteroatoms. The van der Waals surface area contributed by atoms with Crippen molar-refractivity contribution in [2.45, 2.75) is 23.8 Å². The molecule has 0 saturated carbocycles. The van der Waals surface area contributed by atoms with Gasteiger partial charge in [0, 0.05) is 0 Å². The van der Waals surface area contributed by atoms with Crippen molar-refractivity contribution in [3.8, 4) is 0 Å². The van der Waals surface area contributed by atoms with Gasteiger partial charge in [0.2, 0.25) is 0 Å². The lowest BCUT2D eigenvalue weighted by molar-refractivity contribution is 0.0695. The summed E-state index contributed by atoms with van der Waals surface area (Å²) >= 11 is 1.41. The minimum atomic E-state index is -0.969. The molecule has 0 saturated heterocycles. The summed E-state index contributed by atoms with van der Waals surface area (Å²) < 4.78 is 1.61. The van der Waals surface area contributed by atoms with Gasteiger partial charge in [0.15, 0.2) is 5.16 Å². The predicted octanol–water partition coefficient (Wildman–Crippen LogP) is 3.78. The normalized spacial score (nSPS) is 16.5.